The summed E-state index contributed by atoms with van der Waals surface area (Å²) in [7, 11) is 5.90. The van der Waals surface area contributed by atoms with Gasteiger partial charge < -0.3 is 43.4 Å². The van der Waals surface area contributed by atoms with Crippen LogP contribution in [0.3, 0.4) is 0 Å². The normalized spacial score (nSPS) is 12.5. The van der Waals surface area contributed by atoms with Crippen LogP contribution in [0.15, 0.2) is 48.5 Å². The summed E-state index contributed by atoms with van der Waals surface area (Å²) in [6.45, 7) is 3.45. The lowest BCUT2D eigenvalue weighted by molar-refractivity contribution is -0.129. The minimum absolute atomic E-state index is 0.00276. The Hall–Kier alpha value is -5.14. The van der Waals surface area contributed by atoms with Crippen LogP contribution in [0.2, 0.25) is 0 Å². The zero-order valence-electron chi connectivity index (χ0n) is 39.4. The predicted octanol–water partition coefficient (Wildman–Crippen LogP) is 3.34. The van der Waals surface area contributed by atoms with Crippen molar-refractivity contribution in [3.63, 3.8) is 0 Å². The molecule has 2 aromatic rings. The number of hydrogen-bond acceptors (Lipinski definition) is 16. The van der Waals surface area contributed by atoms with Gasteiger partial charge in [0.1, 0.15) is 23.7 Å². The highest BCUT2D eigenvalue weighted by Crippen LogP contribution is 2.18. The van der Waals surface area contributed by atoms with Gasteiger partial charge in [0.15, 0.2) is 0 Å². The molecule has 69 heavy (non-hydrogen) atoms. The first kappa shape index (κ1) is 60.0. The van der Waals surface area contributed by atoms with E-state index in [1.165, 1.54) is 57.0 Å². The maximum atomic E-state index is 13.4. The number of nitrogens with two attached hydrogens (primary N) is 2. The first-order valence-electron chi connectivity index (χ1n) is 22.3. The number of rotatable bonds is 32. The number of nitrogens with one attached hydrogen (secondary N) is 8. The minimum Gasteiger partial charge on any atom is -0.355 e. The third kappa shape index (κ3) is 27.0. The summed E-state index contributed by atoms with van der Waals surface area (Å²) in [5, 5.41) is 20.3. The quantitative estimate of drug-likeness (QED) is 0.0371. The summed E-state index contributed by atoms with van der Waals surface area (Å²) in [5.74, 6) is -2.62. The number of urea groups is 2. The van der Waals surface area contributed by atoms with Crippen LogP contribution in [0.4, 0.5) is 21.0 Å². The molecule has 12 N–H and O–H groups in total. The molecule has 4 unspecified atom stereocenters. The van der Waals surface area contributed by atoms with Crippen LogP contribution in [0.5, 0.6) is 0 Å². The van der Waals surface area contributed by atoms with Gasteiger partial charge in [-0.1, -0.05) is 67.4 Å². The third-order valence-electron chi connectivity index (χ3n) is 9.76. The van der Waals surface area contributed by atoms with Crippen molar-refractivity contribution in [3.05, 3.63) is 59.7 Å². The highest BCUT2D eigenvalue weighted by Gasteiger charge is 2.25. The van der Waals surface area contributed by atoms with Crippen molar-refractivity contribution >= 4 is 114 Å². The van der Waals surface area contributed by atoms with E-state index < -0.39 is 59.9 Å². The van der Waals surface area contributed by atoms with Gasteiger partial charge in [-0.15, -0.1) is 0 Å². The Morgan fingerprint density at radius 3 is 1.20 bits per heavy atom. The van der Waals surface area contributed by atoms with Crippen LogP contribution in [0.25, 0.3) is 0 Å². The van der Waals surface area contributed by atoms with Crippen LogP contribution < -0.4 is 54.0 Å². The van der Waals surface area contributed by atoms with E-state index in [1.807, 2.05) is 12.5 Å². The van der Waals surface area contributed by atoms with Crippen LogP contribution in [-0.2, 0) is 51.2 Å². The maximum absolute atomic E-state index is 13.4. The monoisotopic (exact) mass is 1030 g/mol. The molecular formula is C45H66N10O10S4. The molecule has 10 amide bonds. The van der Waals surface area contributed by atoms with Crippen molar-refractivity contribution in [3.8, 4) is 0 Å². The van der Waals surface area contributed by atoms with E-state index in [-0.39, 0.29) is 81.4 Å². The molecule has 4 atom stereocenters. The second-order valence-electron chi connectivity index (χ2n) is 15.8. The van der Waals surface area contributed by atoms with E-state index in [0.717, 1.165) is 11.1 Å². The number of imide groups is 2. The number of hydrogen-bond donors (Lipinski definition) is 10. The number of carbonyl (C=O) groups excluding carboxylic acids is 10. The fraction of sp³-hybridized carbons (Fsp3) is 0.511. The highest BCUT2D eigenvalue weighted by molar-refractivity contribution is 8.76. The fourth-order valence-corrected chi connectivity index (χ4v) is 8.82. The zero-order valence-corrected chi connectivity index (χ0v) is 42.7. The van der Waals surface area contributed by atoms with E-state index in [9.17, 15) is 47.9 Å². The summed E-state index contributed by atoms with van der Waals surface area (Å²) in [5.41, 5.74) is 14.0. The Morgan fingerprint density at radius 1 is 0.507 bits per heavy atom. The lowest BCUT2D eigenvalue weighted by atomic mass is 10.1. The van der Waals surface area contributed by atoms with Crippen LogP contribution in [-0.4, -0.2) is 120 Å². The molecule has 0 fully saturated rings. The minimum atomic E-state index is -1.17. The number of benzene rings is 2. The van der Waals surface area contributed by atoms with Crippen LogP contribution in [0, 0.1) is 0 Å². The fourth-order valence-electron chi connectivity index (χ4n) is 6.26. The predicted molar refractivity (Wildman–Crippen MR) is 275 cm³/mol. The molecule has 0 bridgehead atoms. The van der Waals surface area contributed by atoms with Gasteiger partial charge in [-0.05, 0) is 107 Å². The molecule has 0 aliphatic rings. The van der Waals surface area contributed by atoms with Gasteiger partial charge >= 0.3 is 12.1 Å². The molecule has 24 heteroatoms. The number of ketones is 2. The molecular weight excluding hydrogens is 969 g/mol. The molecule has 0 aliphatic carbocycles. The van der Waals surface area contributed by atoms with E-state index in [4.69, 9.17) is 11.5 Å². The summed E-state index contributed by atoms with van der Waals surface area (Å²) < 4.78 is 0. The Bertz CT molecular complexity index is 1890. The van der Waals surface area contributed by atoms with Gasteiger partial charge in [-0.3, -0.25) is 49.0 Å². The molecule has 0 heterocycles. The van der Waals surface area contributed by atoms with Crippen molar-refractivity contribution in [1.82, 2.24) is 31.9 Å². The molecule has 2 aromatic carbocycles. The Labute approximate surface area is 419 Å². The molecule has 0 radical (unpaired) electrons. The lowest BCUT2D eigenvalue weighted by Gasteiger charge is -2.19. The number of anilines is 2. The smallest absolute Gasteiger partial charge is 0.325 e. The summed E-state index contributed by atoms with van der Waals surface area (Å²) >= 11 is 0. The maximum Gasteiger partial charge on any atom is 0.325 e. The number of Topliss-reactive ketones (excluding diaryl/α,β-unsaturated/α-hetero) is 2. The van der Waals surface area contributed by atoms with E-state index in [0.29, 0.717) is 48.6 Å². The van der Waals surface area contributed by atoms with E-state index in [2.05, 4.69) is 42.5 Å². The topological polar surface area (TPSA) is 319 Å². The molecule has 0 saturated heterocycles. The van der Waals surface area contributed by atoms with Gasteiger partial charge in [-0.25, -0.2) is 9.59 Å². The Kier molecular flexibility index (Phi) is 29.7. The number of carbonyl (C=O) groups is 10. The van der Waals surface area contributed by atoms with Gasteiger partial charge in [0, 0.05) is 61.7 Å². The van der Waals surface area contributed by atoms with Crippen LogP contribution in [0.1, 0.15) is 82.8 Å². The lowest BCUT2D eigenvalue weighted by Crippen LogP contribution is -2.50. The summed E-state index contributed by atoms with van der Waals surface area (Å²) in [6.07, 6.45) is 5.57. The highest BCUT2D eigenvalue weighted by atomic mass is 33.1. The number of amides is 10. The second-order valence-corrected chi connectivity index (χ2v) is 21.0. The van der Waals surface area contributed by atoms with Gasteiger partial charge in [-0.2, -0.15) is 0 Å². The summed E-state index contributed by atoms with van der Waals surface area (Å²) in [4.78, 5) is 126. The molecule has 0 aromatic heterocycles. The number of unbranched alkanes of at least 4 members (excludes halogenated alkanes) is 2. The molecule has 0 aliphatic heterocycles. The molecule has 0 spiro atoms. The molecule has 2 rings (SSSR count). The first-order valence-corrected chi connectivity index (χ1v) is 27.7. The Balaban J connectivity index is 2.04. The molecule has 20 nitrogen and oxygen atoms in total. The zero-order chi connectivity index (χ0) is 51.1. The second kappa shape index (κ2) is 34.2. The third-order valence-corrected chi connectivity index (χ3v) is 13.4. The van der Waals surface area contributed by atoms with Crippen molar-refractivity contribution in [2.24, 2.45) is 11.5 Å². The van der Waals surface area contributed by atoms with Gasteiger partial charge in [0.05, 0.1) is 12.1 Å². The van der Waals surface area contributed by atoms with Crippen molar-refractivity contribution < 1.29 is 47.9 Å². The first-order chi connectivity index (χ1) is 32.9. The molecule has 0 saturated carbocycles. The van der Waals surface area contributed by atoms with Crippen molar-refractivity contribution in [2.75, 3.05) is 47.7 Å². The largest absolute Gasteiger partial charge is 0.355 e. The standard InChI is InChI=1S/C45H66N10O10S4/c1-28(56)24-30-14-18-32(19-15-30)50-44(64)54-42(62)36(10-5-7-22-48-40(60)34(46)26-68-66-3)52-38(58)12-9-13-39(59)53-37(11-6-8-23-49-41(61)35(47)27-69-67-4)43(63)55-45(65)51-33-20-16-31(17-21-33)25-29(2)57/h14-21,34-37H,5-13,22-27,46-47H2,1-4H3,(H,48,60)(H,49,61)(H,52,58)(H,53,59)(H2,50,54,62,64)(H2,51,55,63,65). The average molecular weight is 1040 g/mol. The van der Waals surface area contributed by atoms with Gasteiger partial charge in [0.25, 0.3) is 11.8 Å². The molecule has 380 valence electrons. The van der Waals surface area contributed by atoms with Crippen LogP contribution >= 0.6 is 43.2 Å². The van der Waals surface area contributed by atoms with Crippen molar-refractivity contribution in [1.29, 1.82) is 0 Å². The van der Waals surface area contributed by atoms with E-state index in [1.54, 1.807) is 48.5 Å². The van der Waals surface area contributed by atoms with Crippen molar-refractivity contribution in [2.45, 2.75) is 109 Å². The van der Waals surface area contributed by atoms with Gasteiger partial charge in [0.2, 0.25) is 23.6 Å². The summed E-state index contributed by atoms with van der Waals surface area (Å²) in [6, 6.07) is 7.55. The Morgan fingerprint density at radius 2 is 0.870 bits per heavy atom. The SMILES string of the molecule is CSSCC(N)C(=O)NCCCCC(NC(=O)CCCC(=O)NC(CCCCNC(=O)C(N)CSSC)C(=O)NC(=O)Nc1ccc(CC(C)=O)cc1)C(=O)NC(=O)Nc1ccc(CC(C)=O)cc1. The average Bonchev–Trinajstić information content (AvgIpc) is 3.29. The van der Waals surface area contributed by atoms with E-state index >= 15 is 0 Å².